The van der Waals surface area contributed by atoms with Crippen molar-refractivity contribution in [1.29, 1.82) is 0 Å². The molecule has 13 heavy (non-hydrogen) atoms. The van der Waals surface area contributed by atoms with Gasteiger partial charge in [0, 0.05) is 19.3 Å². The van der Waals surface area contributed by atoms with E-state index in [1.807, 2.05) is 12.4 Å². The number of rotatable bonds is 4. The molecule has 3 nitrogen and oxygen atoms in total. The lowest BCUT2D eigenvalue weighted by atomic mass is 10.3. The molecule has 1 rings (SSSR count). The Labute approximate surface area is 79.8 Å². The number of hydrogen-bond acceptors (Lipinski definition) is 3. The van der Waals surface area contributed by atoms with Gasteiger partial charge >= 0.3 is 0 Å². The van der Waals surface area contributed by atoms with Gasteiger partial charge in [-0.05, 0) is 20.3 Å². The van der Waals surface area contributed by atoms with Gasteiger partial charge in [-0.2, -0.15) is 0 Å². The second-order valence-corrected chi connectivity index (χ2v) is 2.89. The van der Waals surface area contributed by atoms with Crippen molar-refractivity contribution in [1.82, 2.24) is 9.97 Å². The van der Waals surface area contributed by atoms with Crippen LogP contribution in [0.15, 0.2) is 12.4 Å². The minimum absolute atomic E-state index is 0.947. The molecule has 0 spiro atoms. The molecule has 0 amide bonds. The fourth-order valence-corrected chi connectivity index (χ4v) is 1.27. The molecule has 72 valence electrons. The molecule has 1 heterocycles. The highest BCUT2D eigenvalue weighted by Crippen LogP contribution is 2.08. The first kappa shape index (κ1) is 9.96. The molecule has 1 aromatic rings. The summed E-state index contributed by atoms with van der Waals surface area (Å²) in [5.41, 5.74) is 1.06. The first-order valence-corrected chi connectivity index (χ1v) is 4.87. The molecule has 1 aromatic heterocycles. The van der Waals surface area contributed by atoms with Gasteiger partial charge in [0.25, 0.3) is 0 Å². The van der Waals surface area contributed by atoms with Crippen LogP contribution >= 0.6 is 0 Å². The average molecular weight is 179 g/mol. The molecule has 0 radical (unpaired) electrons. The summed E-state index contributed by atoms with van der Waals surface area (Å²) in [5, 5.41) is 0. The third-order valence-corrected chi connectivity index (χ3v) is 2.12. The number of nitrogens with zero attached hydrogens (tertiary/aromatic N) is 3. The zero-order valence-electron chi connectivity index (χ0n) is 8.62. The number of aromatic nitrogens is 2. The molecule has 0 aliphatic carbocycles. The Morgan fingerprint density at radius 2 is 1.85 bits per heavy atom. The lowest BCUT2D eigenvalue weighted by Gasteiger charge is -2.19. The number of anilines is 1. The van der Waals surface area contributed by atoms with E-state index in [1.54, 1.807) is 0 Å². The lowest BCUT2D eigenvalue weighted by Crippen LogP contribution is -2.23. The summed E-state index contributed by atoms with van der Waals surface area (Å²) in [6, 6.07) is 0. The van der Waals surface area contributed by atoms with Crippen molar-refractivity contribution >= 4 is 5.82 Å². The zero-order valence-corrected chi connectivity index (χ0v) is 8.62. The Morgan fingerprint density at radius 1 is 1.15 bits per heavy atom. The molecular formula is C10H17N3. The van der Waals surface area contributed by atoms with Gasteiger partial charge in [0.1, 0.15) is 5.82 Å². The first-order valence-electron chi connectivity index (χ1n) is 4.87. The summed E-state index contributed by atoms with van der Waals surface area (Å²) in [5.74, 6) is 0.990. The number of hydrogen-bond donors (Lipinski definition) is 0. The van der Waals surface area contributed by atoms with Gasteiger partial charge in [-0.1, -0.05) is 6.92 Å². The quantitative estimate of drug-likeness (QED) is 0.706. The van der Waals surface area contributed by atoms with Crippen molar-refractivity contribution < 1.29 is 0 Å². The van der Waals surface area contributed by atoms with E-state index in [9.17, 15) is 0 Å². The van der Waals surface area contributed by atoms with E-state index in [-0.39, 0.29) is 0 Å². The van der Waals surface area contributed by atoms with Gasteiger partial charge < -0.3 is 4.90 Å². The molecular weight excluding hydrogens is 162 g/mol. The maximum atomic E-state index is 4.50. The van der Waals surface area contributed by atoms with Crippen molar-refractivity contribution in [2.45, 2.75) is 27.2 Å². The van der Waals surface area contributed by atoms with Crippen LogP contribution in [0.4, 0.5) is 5.82 Å². The lowest BCUT2D eigenvalue weighted by molar-refractivity contribution is 0.828. The summed E-state index contributed by atoms with van der Waals surface area (Å²) >= 11 is 0. The SMILES string of the molecule is CCc1cncc(N(CC)CC)n1. The van der Waals surface area contributed by atoms with Gasteiger partial charge in [0.05, 0.1) is 11.9 Å². The third kappa shape index (κ3) is 2.41. The molecule has 0 unspecified atom stereocenters. The molecule has 0 aliphatic heterocycles. The predicted octanol–water partition coefficient (Wildman–Crippen LogP) is 1.89. The van der Waals surface area contributed by atoms with E-state index in [2.05, 4.69) is 35.6 Å². The second kappa shape index (κ2) is 4.80. The summed E-state index contributed by atoms with van der Waals surface area (Å²) in [7, 11) is 0. The Hall–Kier alpha value is -1.12. The first-order chi connectivity index (χ1) is 6.31. The van der Waals surface area contributed by atoms with Crippen LogP contribution in [0.2, 0.25) is 0 Å². The summed E-state index contributed by atoms with van der Waals surface area (Å²) < 4.78 is 0. The van der Waals surface area contributed by atoms with Crippen molar-refractivity contribution in [2.75, 3.05) is 18.0 Å². The van der Waals surface area contributed by atoms with E-state index in [4.69, 9.17) is 0 Å². The molecule has 0 aliphatic rings. The molecule has 3 heteroatoms. The van der Waals surface area contributed by atoms with Crippen LogP contribution in [0.25, 0.3) is 0 Å². The Morgan fingerprint density at radius 3 is 2.38 bits per heavy atom. The summed E-state index contributed by atoms with van der Waals surface area (Å²) in [4.78, 5) is 10.9. The third-order valence-electron chi connectivity index (χ3n) is 2.12. The van der Waals surface area contributed by atoms with Crippen LogP contribution in [0.5, 0.6) is 0 Å². The van der Waals surface area contributed by atoms with Crippen LogP contribution < -0.4 is 4.90 Å². The van der Waals surface area contributed by atoms with Crippen molar-refractivity contribution in [3.05, 3.63) is 18.1 Å². The van der Waals surface area contributed by atoms with Crippen LogP contribution in [0, 0.1) is 0 Å². The molecule has 0 atom stereocenters. The van der Waals surface area contributed by atoms with E-state index < -0.39 is 0 Å². The minimum atomic E-state index is 0.947. The van der Waals surface area contributed by atoms with Crippen LogP contribution in [-0.2, 0) is 6.42 Å². The van der Waals surface area contributed by atoms with Gasteiger partial charge in [-0.25, -0.2) is 4.98 Å². The van der Waals surface area contributed by atoms with Gasteiger partial charge in [0.15, 0.2) is 0 Å². The Kier molecular flexibility index (Phi) is 3.68. The predicted molar refractivity (Wildman–Crippen MR) is 55.0 cm³/mol. The van der Waals surface area contributed by atoms with E-state index in [0.29, 0.717) is 0 Å². The highest BCUT2D eigenvalue weighted by Gasteiger charge is 2.03. The fraction of sp³-hybridized carbons (Fsp3) is 0.600. The maximum absolute atomic E-state index is 4.50. The van der Waals surface area contributed by atoms with E-state index in [1.165, 1.54) is 0 Å². The zero-order chi connectivity index (χ0) is 9.68. The van der Waals surface area contributed by atoms with Gasteiger partial charge in [-0.3, -0.25) is 4.98 Å². The van der Waals surface area contributed by atoms with Crippen LogP contribution in [-0.4, -0.2) is 23.1 Å². The summed E-state index contributed by atoms with van der Waals surface area (Å²) in [6.45, 7) is 8.32. The molecule has 0 bridgehead atoms. The fourth-order valence-electron chi connectivity index (χ4n) is 1.27. The molecule has 0 aromatic carbocycles. The van der Waals surface area contributed by atoms with E-state index >= 15 is 0 Å². The molecule has 0 fully saturated rings. The van der Waals surface area contributed by atoms with Gasteiger partial charge in [-0.15, -0.1) is 0 Å². The highest BCUT2D eigenvalue weighted by molar-refractivity contribution is 5.35. The smallest absolute Gasteiger partial charge is 0.147 e. The Bertz CT molecular complexity index is 256. The normalized spacial score (nSPS) is 10.1. The molecule has 0 N–H and O–H groups in total. The maximum Gasteiger partial charge on any atom is 0.147 e. The van der Waals surface area contributed by atoms with Crippen molar-refractivity contribution in [2.24, 2.45) is 0 Å². The highest BCUT2D eigenvalue weighted by atomic mass is 15.2. The average Bonchev–Trinajstić information content (AvgIpc) is 2.20. The monoisotopic (exact) mass is 179 g/mol. The van der Waals surface area contributed by atoms with Crippen LogP contribution in [0.3, 0.4) is 0 Å². The van der Waals surface area contributed by atoms with Crippen molar-refractivity contribution in [3.8, 4) is 0 Å². The summed E-state index contributed by atoms with van der Waals surface area (Å²) in [6.07, 6.45) is 4.60. The number of aryl methyl sites for hydroxylation is 1. The van der Waals surface area contributed by atoms with Crippen molar-refractivity contribution in [3.63, 3.8) is 0 Å². The van der Waals surface area contributed by atoms with Crippen LogP contribution in [0.1, 0.15) is 26.5 Å². The molecule has 0 saturated carbocycles. The van der Waals surface area contributed by atoms with E-state index in [0.717, 1.165) is 31.0 Å². The largest absolute Gasteiger partial charge is 0.356 e. The second-order valence-electron chi connectivity index (χ2n) is 2.89. The molecule has 0 saturated heterocycles. The topological polar surface area (TPSA) is 29.0 Å². The minimum Gasteiger partial charge on any atom is -0.356 e. The van der Waals surface area contributed by atoms with Gasteiger partial charge in [0.2, 0.25) is 0 Å². The Balaban J connectivity index is 2.86. The standard InChI is InChI=1S/C10H17N3/c1-4-9-7-11-8-10(12-9)13(5-2)6-3/h7-8H,4-6H2,1-3H3.